The van der Waals surface area contributed by atoms with Crippen molar-refractivity contribution >= 4 is 22.9 Å². The summed E-state index contributed by atoms with van der Waals surface area (Å²) >= 11 is 7.57. The molecule has 0 saturated heterocycles. The molecule has 0 aliphatic rings. The van der Waals surface area contributed by atoms with E-state index in [-0.39, 0.29) is 6.04 Å². The Labute approximate surface area is 104 Å². The minimum absolute atomic E-state index is 0.101. The van der Waals surface area contributed by atoms with Crippen LogP contribution in [0.25, 0.3) is 0 Å². The molecule has 2 nitrogen and oxygen atoms in total. The molecule has 4 heteroatoms. The maximum Gasteiger partial charge on any atom is 0.0940 e. The first-order valence-electron chi connectivity index (χ1n) is 5.12. The van der Waals surface area contributed by atoms with Crippen LogP contribution in [0.5, 0.6) is 0 Å². The zero-order valence-corrected chi connectivity index (χ0v) is 10.3. The van der Waals surface area contributed by atoms with Gasteiger partial charge in [-0.25, -0.2) is 4.98 Å². The first-order valence-corrected chi connectivity index (χ1v) is 6.38. The highest BCUT2D eigenvalue weighted by Crippen LogP contribution is 2.14. The molecule has 1 aromatic heterocycles. The van der Waals surface area contributed by atoms with Crippen molar-refractivity contribution in [1.82, 2.24) is 4.98 Å². The van der Waals surface area contributed by atoms with Gasteiger partial charge in [0.05, 0.1) is 5.01 Å². The molecule has 2 N–H and O–H groups in total. The lowest BCUT2D eigenvalue weighted by atomic mass is 10.0. The zero-order chi connectivity index (χ0) is 11.4. The Hall–Kier alpha value is -0.900. The van der Waals surface area contributed by atoms with Crippen LogP contribution in [0, 0.1) is 0 Å². The van der Waals surface area contributed by atoms with Crippen molar-refractivity contribution in [2.75, 3.05) is 0 Å². The molecule has 2 aromatic rings. The Morgan fingerprint density at radius 1 is 1.38 bits per heavy atom. The van der Waals surface area contributed by atoms with Crippen molar-refractivity contribution < 1.29 is 0 Å². The Morgan fingerprint density at radius 3 is 2.94 bits per heavy atom. The predicted molar refractivity (Wildman–Crippen MR) is 68.9 cm³/mol. The fraction of sp³-hybridized carbons (Fsp3) is 0.250. The summed E-state index contributed by atoms with van der Waals surface area (Å²) in [5.74, 6) is 0. The van der Waals surface area contributed by atoms with Crippen molar-refractivity contribution in [3.63, 3.8) is 0 Å². The second-order valence-corrected chi connectivity index (χ2v) is 5.14. The third-order valence-electron chi connectivity index (χ3n) is 2.31. The van der Waals surface area contributed by atoms with Gasteiger partial charge in [0.1, 0.15) is 0 Å². The molecule has 0 aliphatic carbocycles. The van der Waals surface area contributed by atoms with E-state index in [4.69, 9.17) is 17.3 Å². The summed E-state index contributed by atoms with van der Waals surface area (Å²) in [7, 11) is 0. The largest absolute Gasteiger partial charge is 0.327 e. The van der Waals surface area contributed by atoms with E-state index in [2.05, 4.69) is 4.98 Å². The van der Waals surface area contributed by atoms with Crippen LogP contribution in [-0.4, -0.2) is 11.0 Å². The number of hydrogen-bond acceptors (Lipinski definition) is 3. The maximum absolute atomic E-state index is 6.07. The van der Waals surface area contributed by atoms with Crippen LogP contribution in [0.3, 0.4) is 0 Å². The molecule has 1 unspecified atom stereocenters. The summed E-state index contributed by atoms with van der Waals surface area (Å²) in [4.78, 5) is 4.23. The molecular weight excluding hydrogens is 240 g/mol. The highest BCUT2D eigenvalue weighted by Gasteiger charge is 2.07. The van der Waals surface area contributed by atoms with Gasteiger partial charge in [-0.05, 0) is 24.1 Å². The molecule has 2 rings (SSSR count). The molecule has 0 amide bonds. The highest BCUT2D eigenvalue weighted by atomic mass is 35.5. The van der Waals surface area contributed by atoms with E-state index < -0.39 is 0 Å². The summed E-state index contributed by atoms with van der Waals surface area (Å²) in [6, 6.07) is 7.94. The topological polar surface area (TPSA) is 38.9 Å². The van der Waals surface area contributed by atoms with Gasteiger partial charge in [0, 0.05) is 29.1 Å². The Kier molecular flexibility index (Phi) is 3.93. The average Bonchev–Trinajstić information content (AvgIpc) is 2.70. The fourth-order valence-electron chi connectivity index (χ4n) is 1.62. The van der Waals surface area contributed by atoms with Crippen LogP contribution in [0.1, 0.15) is 10.6 Å². The molecule has 1 aromatic carbocycles. The molecule has 0 radical (unpaired) electrons. The second-order valence-electron chi connectivity index (χ2n) is 3.72. The molecule has 1 heterocycles. The summed E-state index contributed by atoms with van der Waals surface area (Å²) in [5, 5.41) is 3.83. The van der Waals surface area contributed by atoms with Crippen LogP contribution >= 0.6 is 22.9 Å². The average molecular weight is 253 g/mol. The summed E-state index contributed by atoms with van der Waals surface area (Å²) < 4.78 is 0. The van der Waals surface area contributed by atoms with Crippen molar-refractivity contribution in [3.05, 3.63) is 51.4 Å². The highest BCUT2D eigenvalue weighted by molar-refractivity contribution is 7.09. The molecule has 0 saturated carbocycles. The Bertz CT molecular complexity index is 442. The van der Waals surface area contributed by atoms with Gasteiger partial charge in [-0.15, -0.1) is 11.3 Å². The molecule has 0 spiro atoms. The predicted octanol–water partition coefficient (Wildman–Crippen LogP) is 2.91. The lowest BCUT2D eigenvalue weighted by molar-refractivity contribution is 0.662. The summed E-state index contributed by atoms with van der Waals surface area (Å²) in [6.07, 6.45) is 3.47. The van der Waals surface area contributed by atoms with Crippen LogP contribution in [0.4, 0.5) is 0 Å². The second kappa shape index (κ2) is 5.43. The van der Waals surface area contributed by atoms with Gasteiger partial charge in [0.15, 0.2) is 0 Å². The molecule has 84 valence electrons. The van der Waals surface area contributed by atoms with Crippen LogP contribution < -0.4 is 5.73 Å². The fourth-order valence-corrected chi connectivity index (χ4v) is 2.54. The standard InChI is InChI=1S/C12H13ClN2S/c13-10-3-1-2-9(6-10)7-11(14)8-12-15-4-5-16-12/h1-6,11H,7-8,14H2. The van der Waals surface area contributed by atoms with E-state index in [9.17, 15) is 0 Å². The number of nitrogens with zero attached hydrogens (tertiary/aromatic N) is 1. The molecule has 16 heavy (non-hydrogen) atoms. The minimum Gasteiger partial charge on any atom is -0.327 e. The molecular formula is C12H13ClN2S. The number of aromatic nitrogens is 1. The summed E-state index contributed by atoms with van der Waals surface area (Å²) in [6.45, 7) is 0. The molecule has 0 fully saturated rings. The minimum atomic E-state index is 0.101. The van der Waals surface area contributed by atoms with E-state index in [0.29, 0.717) is 0 Å². The summed E-state index contributed by atoms with van der Waals surface area (Å²) in [5.41, 5.74) is 7.25. The zero-order valence-electron chi connectivity index (χ0n) is 8.77. The van der Waals surface area contributed by atoms with E-state index in [0.717, 1.165) is 22.9 Å². The van der Waals surface area contributed by atoms with Crippen LogP contribution in [0.15, 0.2) is 35.8 Å². The van der Waals surface area contributed by atoms with Gasteiger partial charge in [-0.1, -0.05) is 23.7 Å². The maximum atomic E-state index is 6.07. The Morgan fingerprint density at radius 2 is 2.25 bits per heavy atom. The van der Waals surface area contributed by atoms with Crippen molar-refractivity contribution in [2.24, 2.45) is 5.73 Å². The van der Waals surface area contributed by atoms with Gasteiger partial charge >= 0.3 is 0 Å². The van der Waals surface area contributed by atoms with Gasteiger partial charge in [-0.3, -0.25) is 0 Å². The van der Waals surface area contributed by atoms with Crippen molar-refractivity contribution in [2.45, 2.75) is 18.9 Å². The number of halogens is 1. The smallest absolute Gasteiger partial charge is 0.0940 e. The van der Waals surface area contributed by atoms with Crippen molar-refractivity contribution in [3.8, 4) is 0 Å². The van der Waals surface area contributed by atoms with E-state index in [1.165, 1.54) is 5.56 Å². The first kappa shape index (κ1) is 11.6. The normalized spacial score (nSPS) is 12.6. The lowest BCUT2D eigenvalue weighted by Crippen LogP contribution is -2.25. The quantitative estimate of drug-likeness (QED) is 0.909. The SMILES string of the molecule is NC(Cc1cccc(Cl)c1)Cc1nccs1. The number of hydrogen-bond donors (Lipinski definition) is 1. The van der Waals surface area contributed by atoms with E-state index >= 15 is 0 Å². The third kappa shape index (κ3) is 3.30. The number of thiazole rings is 1. The van der Waals surface area contributed by atoms with Gasteiger partial charge in [0.25, 0.3) is 0 Å². The monoisotopic (exact) mass is 252 g/mol. The van der Waals surface area contributed by atoms with E-state index in [1.807, 2.05) is 35.8 Å². The van der Waals surface area contributed by atoms with Gasteiger partial charge in [0.2, 0.25) is 0 Å². The number of nitrogens with two attached hydrogens (primary N) is 1. The van der Waals surface area contributed by atoms with Crippen molar-refractivity contribution in [1.29, 1.82) is 0 Å². The van der Waals surface area contributed by atoms with Gasteiger partial charge < -0.3 is 5.73 Å². The van der Waals surface area contributed by atoms with Crippen LogP contribution in [0.2, 0.25) is 5.02 Å². The number of benzene rings is 1. The van der Waals surface area contributed by atoms with Gasteiger partial charge in [-0.2, -0.15) is 0 Å². The molecule has 0 bridgehead atoms. The van der Waals surface area contributed by atoms with E-state index in [1.54, 1.807) is 11.3 Å². The third-order valence-corrected chi connectivity index (χ3v) is 3.34. The first-order chi connectivity index (χ1) is 7.74. The number of rotatable bonds is 4. The molecule has 0 aliphatic heterocycles. The molecule has 1 atom stereocenters. The van der Waals surface area contributed by atoms with Crippen LogP contribution in [-0.2, 0) is 12.8 Å². The lowest BCUT2D eigenvalue weighted by Gasteiger charge is -2.09. The Balaban J connectivity index is 1.94.